The molecule has 2 aliphatic heterocycles. The number of benzene rings is 2. The molecule has 2 aromatic carbocycles. The van der Waals surface area contributed by atoms with E-state index in [1.807, 2.05) is 0 Å². The molecule has 0 unspecified atom stereocenters. The van der Waals surface area contributed by atoms with Crippen molar-refractivity contribution in [2.24, 2.45) is 0 Å². The van der Waals surface area contributed by atoms with Gasteiger partial charge < -0.3 is 20.1 Å². The number of carbonyl (C=O) groups is 2. The Kier molecular flexibility index (Phi) is 11.2. The lowest BCUT2D eigenvalue weighted by Crippen LogP contribution is -2.40. The first-order chi connectivity index (χ1) is 20.6. The van der Waals surface area contributed by atoms with Crippen molar-refractivity contribution in [3.8, 4) is 0 Å². The van der Waals surface area contributed by atoms with Crippen molar-refractivity contribution in [2.45, 2.75) is 22.8 Å². The average molecular weight is 633 g/mol. The minimum Gasteiger partial charge on any atom is -0.379 e. The Morgan fingerprint density at radius 1 is 0.721 bits per heavy atom. The maximum absolute atomic E-state index is 12.7. The molecule has 0 saturated carbocycles. The number of morpholine rings is 2. The Labute approximate surface area is 252 Å². The zero-order valence-electron chi connectivity index (χ0n) is 23.8. The molecule has 12 nitrogen and oxygen atoms in total. The fourth-order valence-electron chi connectivity index (χ4n) is 4.37. The molecule has 4 rings (SSSR count). The highest BCUT2D eigenvalue weighted by atomic mass is 32.2. The second-order valence-corrected chi connectivity index (χ2v) is 13.9. The lowest BCUT2D eigenvalue weighted by Gasteiger charge is -2.26. The van der Waals surface area contributed by atoms with Crippen molar-refractivity contribution in [1.29, 1.82) is 0 Å². The molecule has 2 aromatic rings. The molecular formula is C29H36N4O8S2. The topological polar surface area (TPSA) is 151 Å². The average Bonchev–Trinajstić information content (AvgIpc) is 3.03. The fourth-order valence-corrected chi connectivity index (χ4v) is 7.19. The van der Waals surface area contributed by atoms with Gasteiger partial charge in [-0.15, -0.1) is 0 Å². The van der Waals surface area contributed by atoms with Crippen molar-refractivity contribution in [1.82, 2.24) is 19.2 Å². The standard InChI is InChI=1S/C29H36N4O8S2/c1-23(31-29(35)13-7-25-4-10-27(11-5-25)43(38,39)33-16-20-41-21-17-33)22-30-28(34)12-6-24-2-8-26(9-3-24)42(36,37)32-14-18-40-19-15-32/h2-13,23H,14-22H2,1H3,(H,30,34)(H,31,35)/b12-6+,13-7+/t23-/m0/s1. The summed E-state index contributed by atoms with van der Waals surface area (Å²) in [5, 5.41) is 5.47. The zero-order valence-corrected chi connectivity index (χ0v) is 25.5. The lowest BCUT2D eigenvalue weighted by molar-refractivity contribution is -0.118. The van der Waals surface area contributed by atoms with E-state index in [1.54, 1.807) is 43.3 Å². The molecule has 43 heavy (non-hydrogen) atoms. The Morgan fingerprint density at radius 3 is 1.53 bits per heavy atom. The van der Waals surface area contributed by atoms with Gasteiger partial charge >= 0.3 is 0 Å². The van der Waals surface area contributed by atoms with E-state index in [-0.39, 0.29) is 34.2 Å². The van der Waals surface area contributed by atoms with Crippen LogP contribution >= 0.6 is 0 Å². The van der Waals surface area contributed by atoms with E-state index < -0.39 is 20.0 Å². The van der Waals surface area contributed by atoms with Crippen LogP contribution in [0.1, 0.15) is 18.1 Å². The summed E-state index contributed by atoms with van der Waals surface area (Å²) in [7, 11) is -7.17. The van der Waals surface area contributed by atoms with Gasteiger partial charge in [0.2, 0.25) is 31.9 Å². The van der Waals surface area contributed by atoms with Gasteiger partial charge in [-0.25, -0.2) is 16.8 Å². The van der Waals surface area contributed by atoms with E-state index in [0.29, 0.717) is 63.7 Å². The SMILES string of the molecule is C[C@@H](CNC(=O)/C=C/c1ccc(S(=O)(=O)N2CCOCC2)cc1)NC(=O)/C=C/c1ccc(S(=O)(=O)N2CCOCC2)cc1. The number of rotatable bonds is 11. The molecule has 0 aliphatic carbocycles. The summed E-state index contributed by atoms with van der Waals surface area (Å²) in [4.78, 5) is 24.9. The predicted octanol–water partition coefficient (Wildman–Crippen LogP) is 1.08. The van der Waals surface area contributed by atoms with E-state index in [0.717, 1.165) is 0 Å². The van der Waals surface area contributed by atoms with Crippen LogP contribution in [0.15, 0.2) is 70.5 Å². The summed E-state index contributed by atoms with van der Waals surface area (Å²) < 4.78 is 64.1. The molecule has 14 heteroatoms. The van der Waals surface area contributed by atoms with Gasteiger partial charge in [-0.1, -0.05) is 24.3 Å². The summed E-state index contributed by atoms with van der Waals surface area (Å²) in [5.74, 6) is -0.733. The van der Waals surface area contributed by atoms with E-state index in [9.17, 15) is 26.4 Å². The molecule has 2 N–H and O–H groups in total. The Morgan fingerprint density at radius 2 is 1.12 bits per heavy atom. The maximum atomic E-state index is 12.7. The third-order valence-corrected chi connectivity index (χ3v) is 10.6. The number of hydrogen-bond acceptors (Lipinski definition) is 8. The highest BCUT2D eigenvalue weighted by Crippen LogP contribution is 2.19. The molecule has 0 radical (unpaired) electrons. The summed E-state index contributed by atoms with van der Waals surface area (Å²) in [6, 6.07) is 12.2. The molecule has 2 aliphatic rings. The van der Waals surface area contributed by atoms with Crippen molar-refractivity contribution in [2.75, 3.05) is 59.2 Å². The lowest BCUT2D eigenvalue weighted by atomic mass is 10.2. The monoisotopic (exact) mass is 632 g/mol. The molecule has 0 spiro atoms. The molecule has 2 heterocycles. The van der Waals surface area contributed by atoms with Gasteiger partial charge in [-0.2, -0.15) is 8.61 Å². The molecule has 0 bridgehead atoms. The van der Waals surface area contributed by atoms with Gasteiger partial charge in [0.05, 0.1) is 36.2 Å². The molecular weight excluding hydrogens is 596 g/mol. The van der Waals surface area contributed by atoms with Crippen molar-refractivity contribution in [3.63, 3.8) is 0 Å². The fraction of sp³-hybridized carbons (Fsp3) is 0.379. The Bertz CT molecular complexity index is 1530. The third kappa shape index (κ3) is 9.05. The van der Waals surface area contributed by atoms with E-state index in [2.05, 4.69) is 10.6 Å². The first-order valence-electron chi connectivity index (χ1n) is 13.9. The number of nitrogens with one attached hydrogen (secondary N) is 2. The van der Waals surface area contributed by atoms with Crippen LogP contribution in [-0.4, -0.2) is 102 Å². The van der Waals surface area contributed by atoms with Crippen LogP contribution in [0, 0.1) is 0 Å². The highest BCUT2D eigenvalue weighted by Gasteiger charge is 2.27. The predicted molar refractivity (Wildman–Crippen MR) is 161 cm³/mol. The molecule has 2 fully saturated rings. The van der Waals surface area contributed by atoms with Crippen LogP contribution in [0.5, 0.6) is 0 Å². The largest absolute Gasteiger partial charge is 0.379 e. The second-order valence-electron chi connectivity index (χ2n) is 9.99. The molecule has 232 valence electrons. The number of nitrogens with zero attached hydrogens (tertiary/aromatic N) is 2. The zero-order chi connectivity index (χ0) is 30.9. The van der Waals surface area contributed by atoms with Crippen LogP contribution in [0.2, 0.25) is 0 Å². The van der Waals surface area contributed by atoms with Gasteiger partial charge in [0.15, 0.2) is 0 Å². The maximum Gasteiger partial charge on any atom is 0.244 e. The van der Waals surface area contributed by atoms with Gasteiger partial charge in [0.1, 0.15) is 0 Å². The van der Waals surface area contributed by atoms with Crippen LogP contribution in [0.3, 0.4) is 0 Å². The highest BCUT2D eigenvalue weighted by molar-refractivity contribution is 7.89. The quantitative estimate of drug-likeness (QED) is 0.350. The van der Waals surface area contributed by atoms with Gasteiger partial charge in [-0.05, 0) is 54.5 Å². The van der Waals surface area contributed by atoms with Crippen LogP contribution in [-0.2, 0) is 39.1 Å². The number of carbonyl (C=O) groups excluding carboxylic acids is 2. The van der Waals surface area contributed by atoms with Crippen molar-refractivity contribution in [3.05, 3.63) is 71.8 Å². The number of amides is 2. The van der Waals surface area contributed by atoms with Crippen LogP contribution < -0.4 is 10.6 Å². The number of hydrogen-bond donors (Lipinski definition) is 2. The van der Waals surface area contributed by atoms with Crippen LogP contribution in [0.25, 0.3) is 12.2 Å². The van der Waals surface area contributed by atoms with Gasteiger partial charge in [0, 0.05) is 50.9 Å². The van der Waals surface area contributed by atoms with Crippen molar-refractivity contribution < 1.29 is 35.9 Å². The first kappa shape index (κ1) is 32.5. The molecule has 1 atom stereocenters. The second kappa shape index (κ2) is 14.9. The Balaban J connectivity index is 1.20. The first-order valence-corrected chi connectivity index (χ1v) is 16.7. The summed E-state index contributed by atoms with van der Waals surface area (Å²) in [6.07, 6.45) is 5.82. The van der Waals surface area contributed by atoms with Gasteiger partial charge in [-0.3, -0.25) is 9.59 Å². The van der Waals surface area contributed by atoms with E-state index >= 15 is 0 Å². The summed E-state index contributed by atoms with van der Waals surface area (Å²) in [6.45, 7) is 4.68. The third-order valence-electron chi connectivity index (χ3n) is 6.80. The number of ether oxygens (including phenoxy) is 2. The smallest absolute Gasteiger partial charge is 0.244 e. The number of sulfonamides is 2. The van der Waals surface area contributed by atoms with E-state index in [4.69, 9.17) is 9.47 Å². The normalized spacial score (nSPS) is 18.1. The van der Waals surface area contributed by atoms with Crippen molar-refractivity contribution >= 4 is 44.0 Å². The minimum atomic E-state index is -3.59. The summed E-state index contributed by atoms with van der Waals surface area (Å²) >= 11 is 0. The molecule has 2 saturated heterocycles. The molecule has 2 amide bonds. The Hall–Kier alpha value is -3.40. The minimum absolute atomic E-state index is 0.183. The van der Waals surface area contributed by atoms with E-state index in [1.165, 1.54) is 45.0 Å². The van der Waals surface area contributed by atoms with Gasteiger partial charge in [0.25, 0.3) is 0 Å². The summed E-state index contributed by atoms with van der Waals surface area (Å²) in [5.41, 5.74) is 1.32. The molecule has 0 aromatic heterocycles. The van der Waals surface area contributed by atoms with Crippen LogP contribution in [0.4, 0.5) is 0 Å².